The molecule has 1 aromatic carbocycles. The van der Waals surface area contributed by atoms with Crippen LogP contribution < -0.4 is 15.4 Å². The lowest BCUT2D eigenvalue weighted by Crippen LogP contribution is -2.51. The summed E-state index contributed by atoms with van der Waals surface area (Å²) >= 11 is 1.19. The summed E-state index contributed by atoms with van der Waals surface area (Å²) in [5, 5.41) is 14.3. The molecule has 3 N–H and O–H groups in total. The van der Waals surface area contributed by atoms with Gasteiger partial charge in [-0.25, -0.2) is 0 Å². The molecular weight excluding hydrogens is 437 g/mol. The number of amides is 1. The van der Waals surface area contributed by atoms with Crippen molar-refractivity contribution >= 4 is 34.0 Å². The standard InChI is InChI=1S/C20H21F3N2O5S/c1-4-13-9-14(16(28)11-5-7-12(8-6-11)30-20(21,22)23)17(31-13)25-18(29)19(2,3)24-10-15(26)27/h5-9,24H,4,10H2,1-3H3,(H,25,29)(H,26,27). The molecule has 168 valence electrons. The summed E-state index contributed by atoms with van der Waals surface area (Å²) in [5.41, 5.74) is -0.923. The molecule has 7 nitrogen and oxygen atoms in total. The molecule has 0 saturated heterocycles. The van der Waals surface area contributed by atoms with Gasteiger partial charge in [-0.1, -0.05) is 6.92 Å². The number of benzene rings is 1. The van der Waals surface area contributed by atoms with Crippen LogP contribution in [0.25, 0.3) is 0 Å². The van der Waals surface area contributed by atoms with Crippen molar-refractivity contribution in [2.75, 3.05) is 11.9 Å². The zero-order chi connectivity index (χ0) is 23.4. The Labute approximate surface area is 180 Å². The van der Waals surface area contributed by atoms with Gasteiger partial charge in [-0.15, -0.1) is 24.5 Å². The predicted octanol–water partition coefficient (Wildman–Crippen LogP) is 3.83. The average Bonchev–Trinajstić information content (AvgIpc) is 3.08. The van der Waals surface area contributed by atoms with E-state index in [1.165, 1.54) is 37.3 Å². The average molecular weight is 458 g/mol. The van der Waals surface area contributed by atoms with Gasteiger partial charge in [0.2, 0.25) is 5.91 Å². The number of anilines is 1. The first-order valence-electron chi connectivity index (χ1n) is 9.14. The molecule has 2 aromatic rings. The third-order valence-corrected chi connectivity index (χ3v) is 5.40. The van der Waals surface area contributed by atoms with Gasteiger partial charge in [0, 0.05) is 10.4 Å². The molecule has 0 aliphatic carbocycles. The van der Waals surface area contributed by atoms with E-state index in [1.807, 2.05) is 6.92 Å². The lowest BCUT2D eigenvalue weighted by atomic mass is 10.0. The summed E-state index contributed by atoms with van der Waals surface area (Å²) in [6.07, 6.45) is -4.24. The molecule has 31 heavy (non-hydrogen) atoms. The molecule has 11 heteroatoms. The van der Waals surface area contributed by atoms with Crippen LogP contribution in [0.5, 0.6) is 5.75 Å². The van der Waals surface area contributed by atoms with Crippen molar-refractivity contribution in [1.82, 2.24) is 5.32 Å². The Morgan fingerprint density at radius 1 is 1.13 bits per heavy atom. The fraction of sp³-hybridized carbons (Fsp3) is 0.350. The smallest absolute Gasteiger partial charge is 0.480 e. The zero-order valence-electron chi connectivity index (χ0n) is 16.9. The Bertz CT molecular complexity index is 968. The molecule has 0 unspecified atom stereocenters. The van der Waals surface area contributed by atoms with Crippen LogP contribution in [0.15, 0.2) is 30.3 Å². The molecule has 0 aliphatic heterocycles. The Hall–Kier alpha value is -2.92. The second kappa shape index (κ2) is 9.48. The number of halogens is 3. The molecule has 2 rings (SSSR count). The summed E-state index contributed by atoms with van der Waals surface area (Å²) < 4.78 is 40.7. The van der Waals surface area contributed by atoms with Crippen molar-refractivity contribution in [3.63, 3.8) is 0 Å². The second-order valence-corrected chi connectivity index (χ2v) is 8.17. The van der Waals surface area contributed by atoms with Crippen LogP contribution in [0.1, 0.15) is 41.6 Å². The van der Waals surface area contributed by atoms with Gasteiger partial charge in [0.05, 0.1) is 17.6 Å². The number of alkyl halides is 3. The number of hydrogen-bond donors (Lipinski definition) is 3. The number of nitrogens with one attached hydrogen (secondary N) is 2. The lowest BCUT2D eigenvalue weighted by Gasteiger charge is -2.24. The number of thiophene rings is 1. The van der Waals surface area contributed by atoms with Gasteiger partial charge in [0.1, 0.15) is 10.8 Å². The van der Waals surface area contributed by atoms with Crippen LogP contribution in [-0.4, -0.2) is 41.2 Å². The number of carbonyl (C=O) groups is 3. The molecule has 0 bridgehead atoms. The third kappa shape index (κ3) is 6.79. The highest BCUT2D eigenvalue weighted by atomic mass is 32.1. The van der Waals surface area contributed by atoms with Crippen LogP contribution in [0.3, 0.4) is 0 Å². The maximum absolute atomic E-state index is 12.9. The van der Waals surface area contributed by atoms with E-state index in [1.54, 1.807) is 6.07 Å². The molecule has 0 fully saturated rings. The van der Waals surface area contributed by atoms with Crippen LogP contribution in [0, 0.1) is 0 Å². The summed E-state index contributed by atoms with van der Waals surface area (Å²) in [5.74, 6) is -2.61. The maximum atomic E-state index is 12.9. The zero-order valence-corrected chi connectivity index (χ0v) is 17.7. The Balaban J connectivity index is 2.25. The van der Waals surface area contributed by atoms with Crippen molar-refractivity contribution in [1.29, 1.82) is 0 Å². The first-order chi connectivity index (χ1) is 14.3. The minimum absolute atomic E-state index is 0.119. The fourth-order valence-electron chi connectivity index (χ4n) is 2.48. The monoisotopic (exact) mass is 458 g/mol. The van der Waals surface area contributed by atoms with Crippen molar-refractivity contribution in [3.8, 4) is 5.75 Å². The highest BCUT2D eigenvalue weighted by Gasteiger charge is 2.32. The SMILES string of the molecule is CCc1cc(C(=O)c2ccc(OC(F)(F)F)cc2)c(NC(=O)C(C)(C)NCC(=O)O)s1. The van der Waals surface area contributed by atoms with Gasteiger partial charge in [-0.05, 0) is 50.6 Å². The van der Waals surface area contributed by atoms with Gasteiger partial charge in [-0.3, -0.25) is 19.7 Å². The Morgan fingerprint density at radius 3 is 2.26 bits per heavy atom. The fourth-order valence-corrected chi connectivity index (χ4v) is 3.47. The van der Waals surface area contributed by atoms with Crippen molar-refractivity contribution in [3.05, 3.63) is 46.3 Å². The first kappa shape index (κ1) is 24.4. The highest BCUT2D eigenvalue weighted by Crippen LogP contribution is 2.32. The number of aryl methyl sites for hydroxylation is 1. The highest BCUT2D eigenvalue weighted by molar-refractivity contribution is 7.16. The number of carboxylic acid groups (broad SMARTS) is 1. The number of carbonyl (C=O) groups excluding carboxylic acids is 2. The molecule has 0 radical (unpaired) electrons. The van der Waals surface area contributed by atoms with Gasteiger partial charge in [0.25, 0.3) is 0 Å². The number of ketones is 1. The Morgan fingerprint density at radius 2 is 1.74 bits per heavy atom. The number of carboxylic acids is 1. The lowest BCUT2D eigenvalue weighted by molar-refractivity contribution is -0.274. The normalized spacial score (nSPS) is 11.8. The van der Waals surface area contributed by atoms with E-state index in [2.05, 4.69) is 15.4 Å². The molecular formula is C20H21F3N2O5S. The Kier molecular flexibility index (Phi) is 7.45. The molecule has 1 aromatic heterocycles. The van der Waals surface area contributed by atoms with Crippen molar-refractivity contribution in [2.45, 2.75) is 39.1 Å². The van der Waals surface area contributed by atoms with Crippen LogP contribution in [0.2, 0.25) is 0 Å². The summed E-state index contributed by atoms with van der Waals surface area (Å²) in [7, 11) is 0. The molecule has 0 atom stereocenters. The van der Waals surface area contributed by atoms with E-state index in [0.29, 0.717) is 6.42 Å². The summed E-state index contributed by atoms with van der Waals surface area (Å²) in [6.45, 7) is 4.44. The topological polar surface area (TPSA) is 105 Å². The maximum Gasteiger partial charge on any atom is 0.573 e. The second-order valence-electron chi connectivity index (χ2n) is 7.04. The number of aliphatic carboxylic acids is 1. The molecule has 1 amide bonds. The van der Waals surface area contributed by atoms with Gasteiger partial charge >= 0.3 is 12.3 Å². The van der Waals surface area contributed by atoms with Crippen LogP contribution in [-0.2, 0) is 16.0 Å². The van der Waals surface area contributed by atoms with Crippen LogP contribution in [0.4, 0.5) is 18.2 Å². The third-order valence-electron chi connectivity index (χ3n) is 4.20. The minimum Gasteiger partial charge on any atom is -0.480 e. The quantitative estimate of drug-likeness (QED) is 0.494. The van der Waals surface area contributed by atoms with E-state index >= 15 is 0 Å². The van der Waals surface area contributed by atoms with Crippen molar-refractivity contribution < 1.29 is 37.4 Å². The van der Waals surface area contributed by atoms with E-state index in [-0.39, 0.29) is 16.1 Å². The largest absolute Gasteiger partial charge is 0.573 e. The van der Waals surface area contributed by atoms with Gasteiger partial charge < -0.3 is 15.2 Å². The minimum atomic E-state index is -4.84. The number of ether oxygens (including phenoxy) is 1. The first-order valence-corrected chi connectivity index (χ1v) is 9.95. The number of rotatable bonds is 9. The van der Waals surface area contributed by atoms with E-state index in [9.17, 15) is 27.6 Å². The summed E-state index contributed by atoms with van der Waals surface area (Å²) in [4.78, 5) is 37.2. The van der Waals surface area contributed by atoms with Crippen molar-refractivity contribution in [2.24, 2.45) is 0 Å². The number of hydrogen-bond acceptors (Lipinski definition) is 6. The van der Waals surface area contributed by atoms with Gasteiger partial charge in [0.15, 0.2) is 5.78 Å². The molecule has 1 heterocycles. The van der Waals surface area contributed by atoms with E-state index in [0.717, 1.165) is 17.0 Å². The molecule has 0 aliphatic rings. The molecule has 0 spiro atoms. The van der Waals surface area contributed by atoms with Crippen LogP contribution >= 0.6 is 11.3 Å². The van der Waals surface area contributed by atoms with E-state index in [4.69, 9.17) is 5.11 Å². The van der Waals surface area contributed by atoms with E-state index < -0.39 is 41.9 Å². The summed E-state index contributed by atoms with van der Waals surface area (Å²) in [6, 6.07) is 6.09. The molecule has 0 saturated carbocycles. The predicted molar refractivity (Wildman–Crippen MR) is 109 cm³/mol. The van der Waals surface area contributed by atoms with Gasteiger partial charge in [-0.2, -0.15) is 0 Å².